The second-order valence-corrected chi connectivity index (χ2v) is 9.18. The van der Waals surface area contributed by atoms with Crippen molar-refractivity contribution in [3.8, 4) is 0 Å². The summed E-state index contributed by atoms with van der Waals surface area (Å²) in [7, 11) is 0. The van der Waals surface area contributed by atoms with Crippen LogP contribution < -0.4 is 10.2 Å². The van der Waals surface area contributed by atoms with Gasteiger partial charge in [0.1, 0.15) is 6.54 Å². The Morgan fingerprint density at radius 1 is 1.03 bits per heavy atom. The van der Waals surface area contributed by atoms with E-state index in [0.29, 0.717) is 15.6 Å². The maximum atomic E-state index is 13.3. The van der Waals surface area contributed by atoms with E-state index < -0.39 is 0 Å². The van der Waals surface area contributed by atoms with Crippen LogP contribution in [0.5, 0.6) is 0 Å². The van der Waals surface area contributed by atoms with Crippen LogP contribution in [-0.4, -0.2) is 42.3 Å². The molecule has 1 aliphatic heterocycles. The number of nitrogens with one attached hydrogen (secondary N) is 1. The van der Waals surface area contributed by atoms with Crippen molar-refractivity contribution in [3.63, 3.8) is 0 Å². The van der Waals surface area contributed by atoms with Gasteiger partial charge in [-0.2, -0.15) is 0 Å². The van der Waals surface area contributed by atoms with Crippen molar-refractivity contribution in [2.45, 2.75) is 39.0 Å². The largest absolute Gasteiger partial charge is 0.341 e. The Labute approximate surface area is 180 Å². The molecule has 158 valence electrons. The summed E-state index contributed by atoms with van der Waals surface area (Å²) >= 11 is 1.26. The van der Waals surface area contributed by atoms with Gasteiger partial charge in [-0.3, -0.25) is 19.3 Å². The standard InChI is InChI=1S/C23H27N3O3S/c1-16-5-9-18(10-6-16)26(15-21(27)25-13-3-2-4-14-25)23(29)19-11-12-20(30-19)24-22(28)17-7-8-17/h5-6,9-12,17H,2-4,7-8,13-15H2,1H3,(H,24,28). The molecule has 2 aromatic rings. The molecule has 1 aliphatic carbocycles. The molecule has 7 heteroatoms. The summed E-state index contributed by atoms with van der Waals surface area (Å²) in [4.78, 5) is 42.2. The van der Waals surface area contributed by atoms with Gasteiger partial charge in [-0.05, 0) is 63.3 Å². The number of thiophene rings is 1. The number of rotatable bonds is 6. The molecule has 0 unspecified atom stereocenters. The van der Waals surface area contributed by atoms with Gasteiger partial charge in [-0.15, -0.1) is 11.3 Å². The number of likely N-dealkylation sites (tertiary alicyclic amines) is 1. The van der Waals surface area contributed by atoms with Crippen molar-refractivity contribution in [1.82, 2.24) is 4.90 Å². The van der Waals surface area contributed by atoms with E-state index in [1.807, 2.05) is 36.1 Å². The highest BCUT2D eigenvalue weighted by molar-refractivity contribution is 7.18. The van der Waals surface area contributed by atoms with Gasteiger partial charge in [0, 0.05) is 24.7 Å². The number of nitrogens with zero attached hydrogens (tertiary/aromatic N) is 2. The number of aryl methyl sites for hydroxylation is 1. The summed E-state index contributed by atoms with van der Waals surface area (Å²) in [6.07, 6.45) is 5.04. The normalized spacial score (nSPS) is 16.2. The van der Waals surface area contributed by atoms with Crippen molar-refractivity contribution < 1.29 is 14.4 Å². The summed E-state index contributed by atoms with van der Waals surface area (Å²) in [5.41, 5.74) is 1.79. The van der Waals surface area contributed by atoms with Gasteiger partial charge in [0.2, 0.25) is 11.8 Å². The molecule has 30 heavy (non-hydrogen) atoms. The van der Waals surface area contributed by atoms with E-state index in [4.69, 9.17) is 0 Å². The summed E-state index contributed by atoms with van der Waals surface area (Å²) in [6.45, 7) is 3.52. The Kier molecular flexibility index (Phi) is 6.18. The van der Waals surface area contributed by atoms with Gasteiger partial charge in [-0.1, -0.05) is 17.7 Å². The number of benzene rings is 1. The van der Waals surface area contributed by atoms with E-state index in [1.165, 1.54) is 11.3 Å². The second kappa shape index (κ2) is 9.00. The molecule has 0 atom stereocenters. The third-order valence-electron chi connectivity index (χ3n) is 5.60. The van der Waals surface area contributed by atoms with Crippen molar-refractivity contribution >= 4 is 39.7 Å². The first kappa shape index (κ1) is 20.6. The van der Waals surface area contributed by atoms with E-state index >= 15 is 0 Å². The average molecular weight is 426 g/mol. The lowest BCUT2D eigenvalue weighted by Gasteiger charge is -2.30. The van der Waals surface area contributed by atoms with Gasteiger partial charge in [0.15, 0.2) is 0 Å². The third kappa shape index (κ3) is 4.90. The Balaban J connectivity index is 1.52. The minimum Gasteiger partial charge on any atom is -0.341 e. The van der Waals surface area contributed by atoms with Crippen LogP contribution in [0, 0.1) is 12.8 Å². The fourth-order valence-corrected chi connectivity index (χ4v) is 4.46. The lowest BCUT2D eigenvalue weighted by molar-refractivity contribution is -0.130. The van der Waals surface area contributed by atoms with E-state index in [-0.39, 0.29) is 30.2 Å². The molecule has 1 aromatic heterocycles. The zero-order valence-corrected chi connectivity index (χ0v) is 18.0. The molecule has 6 nitrogen and oxygen atoms in total. The van der Waals surface area contributed by atoms with Gasteiger partial charge in [0.05, 0.1) is 9.88 Å². The van der Waals surface area contributed by atoms with Crippen molar-refractivity contribution in [3.05, 3.63) is 46.8 Å². The number of hydrogen-bond acceptors (Lipinski definition) is 4. The molecule has 1 aromatic carbocycles. The zero-order chi connectivity index (χ0) is 21.1. The molecule has 0 radical (unpaired) electrons. The monoisotopic (exact) mass is 425 g/mol. The Morgan fingerprint density at radius 3 is 2.40 bits per heavy atom. The number of amides is 3. The molecule has 2 heterocycles. The van der Waals surface area contributed by atoms with Gasteiger partial charge >= 0.3 is 0 Å². The molecule has 0 bridgehead atoms. The molecule has 2 fully saturated rings. The van der Waals surface area contributed by atoms with Crippen LogP contribution in [0.2, 0.25) is 0 Å². The highest BCUT2D eigenvalue weighted by Gasteiger charge is 2.30. The first-order chi connectivity index (χ1) is 14.5. The van der Waals surface area contributed by atoms with Crippen molar-refractivity contribution in [2.75, 3.05) is 29.9 Å². The summed E-state index contributed by atoms with van der Waals surface area (Å²) < 4.78 is 0. The van der Waals surface area contributed by atoms with Gasteiger partial charge in [0.25, 0.3) is 5.91 Å². The number of carbonyl (C=O) groups is 3. The van der Waals surface area contributed by atoms with Crippen LogP contribution in [0.4, 0.5) is 10.7 Å². The Bertz CT molecular complexity index is 927. The average Bonchev–Trinajstić information content (AvgIpc) is 3.52. The number of carbonyl (C=O) groups excluding carboxylic acids is 3. The highest BCUT2D eigenvalue weighted by atomic mass is 32.1. The minimum absolute atomic E-state index is 0.0174. The lowest BCUT2D eigenvalue weighted by atomic mass is 10.1. The molecule has 0 spiro atoms. The number of anilines is 2. The first-order valence-electron chi connectivity index (χ1n) is 10.6. The maximum Gasteiger partial charge on any atom is 0.268 e. The summed E-state index contributed by atoms with van der Waals surface area (Å²) in [6, 6.07) is 11.1. The number of piperidine rings is 1. The molecule has 4 rings (SSSR count). The van der Waals surface area contributed by atoms with E-state index in [9.17, 15) is 14.4 Å². The predicted molar refractivity (Wildman–Crippen MR) is 119 cm³/mol. The van der Waals surface area contributed by atoms with Crippen molar-refractivity contribution in [2.24, 2.45) is 5.92 Å². The molecule has 3 amide bonds. The van der Waals surface area contributed by atoms with E-state index in [1.54, 1.807) is 17.0 Å². The van der Waals surface area contributed by atoms with Gasteiger partial charge in [-0.25, -0.2) is 0 Å². The Morgan fingerprint density at radius 2 is 1.73 bits per heavy atom. The lowest BCUT2D eigenvalue weighted by Crippen LogP contribution is -2.44. The molecule has 2 aliphatic rings. The van der Waals surface area contributed by atoms with E-state index in [2.05, 4.69) is 5.32 Å². The fourth-order valence-electron chi connectivity index (χ4n) is 3.61. The van der Waals surface area contributed by atoms with Gasteiger partial charge < -0.3 is 10.2 Å². The molecule has 1 saturated heterocycles. The van der Waals surface area contributed by atoms with Crippen LogP contribution >= 0.6 is 11.3 Å². The summed E-state index contributed by atoms with van der Waals surface area (Å²) in [5, 5.41) is 3.56. The first-order valence-corrected chi connectivity index (χ1v) is 11.4. The Hall–Kier alpha value is -2.67. The van der Waals surface area contributed by atoms with E-state index in [0.717, 1.165) is 50.8 Å². The molecule has 1 N–H and O–H groups in total. The van der Waals surface area contributed by atoms with Crippen LogP contribution in [0.3, 0.4) is 0 Å². The predicted octanol–water partition coefficient (Wildman–Crippen LogP) is 4.06. The summed E-state index contributed by atoms with van der Waals surface area (Å²) in [5.74, 6) is -0.118. The number of hydrogen-bond donors (Lipinski definition) is 1. The topological polar surface area (TPSA) is 69.7 Å². The highest BCUT2D eigenvalue weighted by Crippen LogP contribution is 2.32. The zero-order valence-electron chi connectivity index (χ0n) is 17.2. The fraction of sp³-hybridized carbons (Fsp3) is 0.435. The molecular weight excluding hydrogens is 398 g/mol. The molecular formula is C23H27N3O3S. The van der Waals surface area contributed by atoms with Crippen LogP contribution in [0.15, 0.2) is 36.4 Å². The maximum absolute atomic E-state index is 13.3. The molecule has 1 saturated carbocycles. The second-order valence-electron chi connectivity index (χ2n) is 8.10. The smallest absolute Gasteiger partial charge is 0.268 e. The van der Waals surface area contributed by atoms with Crippen LogP contribution in [0.1, 0.15) is 47.3 Å². The van der Waals surface area contributed by atoms with Crippen LogP contribution in [0.25, 0.3) is 0 Å². The van der Waals surface area contributed by atoms with Crippen LogP contribution in [-0.2, 0) is 9.59 Å². The van der Waals surface area contributed by atoms with Crippen molar-refractivity contribution in [1.29, 1.82) is 0 Å². The quantitative estimate of drug-likeness (QED) is 0.759. The minimum atomic E-state index is -0.221. The SMILES string of the molecule is Cc1ccc(N(CC(=O)N2CCCCC2)C(=O)c2ccc(NC(=O)C3CC3)s2)cc1. The third-order valence-corrected chi connectivity index (χ3v) is 6.59.